The lowest BCUT2D eigenvalue weighted by molar-refractivity contribution is 0.100. The summed E-state index contributed by atoms with van der Waals surface area (Å²) in [5, 5.41) is 3.77. The molecule has 0 bridgehead atoms. The highest BCUT2D eigenvalue weighted by molar-refractivity contribution is 6.00. The number of hydrogen-bond donors (Lipinski definition) is 1. The van der Waals surface area contributed by atoms with Crippen LogP contribution in [0.5, 0.6) is 0 Å². The van der Waals surface area contributed by atoms with Crippen molar-refractivity contribution in [1.29, 1.82) is 0 Å². The molecule has 1 aromatic carbocycles. The van der Waals surface area contributed by atoms with Gasteiger partial charge in [-0.15, -0.1) is 0 Å². The van der Waals surface area contributed by atoms with E-state index in [0.29, 0.717) is 0 Å². The maximum atomic E-state index is 13.2. The molecule has 0 atom stereocenters. The molecular formula is C10H8FN3O. The van der Waals surface area contributed by atoms with Crippen molar-refractivity contribution in [3.8, 4) is 0 Å². The van der Waals surface area contributed by atoms with Crippen LogP contribution in [-0.2, 0) is 0 Å². The normalized spacial score (nSPS) is 9.93. The van der Waals surface area contributed by atoms with Crippen molar-refractivity contribution in [2.24, 2.45) is 0 Å². The lowest BCUT2D eigenvalue weighted by Gasteiger charge is -2.04. The molecule has 0 aliphatic heterocycles. The first kappa shape index (κ1) is 9.39. The number of halogens is 1. The maximum Gasteiger partial charge on any atom is 0.274 e. The second-order valence-corrected chi connectivity index (χ2v) is 2.87. The van der Waals surface area contributed by atoms with E-state index in [4.69, 9.17) is 0 Å². The summed E-state index contributed by atoms with van der Waals surface area (Å²) in [7, 11) is 0. The molecule has 0 saturated carbocycles. The van der Waals surface area contributed by atoms with Gasteiger partial charge in [0.25, 0.3) is 5.91 Å². The molecule has 2 rings (SSSR count). The van der Waals surface area contributed by atoms with Crippen molar-refractivity contribution in [1.82, 2.24) is 9.89 Å². The monoisotopic (exact) mass is 205 g/mol. The Balaban J connectivity index is 2.19. The Morgan fingerprint density at radius 2 is 2.13 bits per heavy atom. The summed E-state index contributed by atoms with van der Waals surface area (Å²) >= 11 is 0. The lowest BCUT2D eigenvalue weighted by atomic mass is 10.2. The first-order valence-corrected chi connectivity index (χ1v) is 4.33. The van der Waals surface area contributed by atoms with Crippen LogP contribution in [0.2, 0.25) is 0 Å². The SMILES string of the molecule is O=C(Nn1cccn1)c1ccccc1F. The highest BCUT2D eigenvalue weighted by Crippen LogP contribution is 2.05. The summed E-state index contributed by atoms with van der Waals surface area (Å²) in [5.74, 6) is -1.08. The van der Waals surface area contributed by atoms with Crippen LogP contribution in [-0.4, -0.2) is 15.8 Å². The van der Waals surface area contributed by atoms with Crippen molar-refractivity contribution in [2.45, 2.75) is 0 Å². The third kappa shape index (κ3) is 2.01. The zero-order valence-corrected chi connectivity index (χ0v) is 7.72. The van der Waals surface area contributed by atoms with E-state index in [-0.39, 0.29) is 5.56 Å². The summed E-state index contributed by atoms with van der Waals surface area (Å²) in [6.07, 6.45) is 3.07. The van der Waals surface area contributed by atoms with E-state index in [1.165, 1.54) is 29.2 Å². The number of nitrogens with zero attached hydrogens (tertiary/aromatic N) is 2. The predicted octanol–water partition coefficient (Wildman–Crippen LogP) is 1.41. The van der Waals surface area contributed by atoms with Crippen LogP contribution in [0.4, 0.5) is 4.39 Å². The van der Waals surface area contributed by atoms with Gasteiger partial charge in [0.15, 0.2) is 0 Å². The first-order valence-electron chi connectivity index (χ1n) is 4.33. The lowest BCUT2D eigenvalue weighted by Crippen LogP contribution is -2.23. The molecule has 0 saturated heterocycles. The second-order valence-electron chi connectivity index (χ2n) is 2.87. The van der Waals surface area contributed by atoms with Crippen LogP contribution in [0.25, 0.3) is 0 Å². The van der Waals surface area contributed by atoms with Gasteiger partial charge in [-0.05, 0) is 18.2 Å². The minimum absolute atomic E-state index is 0.00648. The Morgan fingerprint density at radius 1 is 1.33 bits per heavy atom. The van der Waals surface area contributed by atoms with Crippen LogP contribution in [0.3, 0.4) is 0 Å². The fourth-order valence-electron chi connectivity index (χ4n) is 1.14. The Morgan fingerprint density at radius 3 is 2.80 bits per heavy atom. The van der Waals surface area contributed by atoms with E-state index in [9.17, 15) is 9.18 Å². The summed E-state index contributed by atoms with van der Waals surface area (Å²) in [6.45, 7) is 0. The molecule has 1 N–H and O–H groups in total. The number of carbonyl (C=O) groups excluding carboxylic acids is 1. The standard InChI is InChI=1S/C10H8FN3O/c11-9-5-2-1-4-8(9)10(15)13-14-7-3-6-12-14/h1-7H,(H,13,15). The number of carbonyl (C=O) groups is 1. The van der Waals surface area contributed by atoms with E-state index in [0.717, 1.165) is 0 Å². The molecule has 0 fully saturated rings. The van der Waals surface area contributed by atoms with Crippen molar-refractivity contribution < 1.29 is 9.18 Å². The van der Waals surface area contributed by atoms with Crippen LogP contribution in [0, 0.1) is 5.82 Å². The number of rotatable bonds is 2. The maximum absolute atomic E-state index is 13.2. The molecule has 1 heterocycles. The van der Waals surface area contributed by atoms with Gasteiger partial charge in [-0.2, -0.15) is 9.89 Å². The molecule has 4 nitrogen and oxygen atoms in total. The first-order chi connectivity index (χ1) is 7.27. The molecule has 2 aromatic rings. The van der Waals surface area contributed by atoms with Gasteiger partial charge in [0.2, 0.25) is 0 Å². The van der Waals surface area contributed by atoms with Crippen LogP contribution in [0.15, 0.2) is 42.7 Å². The zero-order chi connectivity index (χ0) is 10.7. The summed E-state index contributed by atoms with van der Waals surface area (Å²) in [4.78, 5) is 12.7. The molecular weight excluding hydrogens is 197 g/mol. The van der Waals surface area contributed by atoms with Crippen LogP contribution >= 0.6 is 0 Å². The second kappa shape index (κ2) is 3.91. The van der Waals surface area contributed by atoms with Crippen LogP contribution < -0.4 is 5.43 Å². The molecule has 5 heteroatoms. The van der Waals surface area contributed by atoms with Crippen molar-refractivity contribution in [3.05, 3.63) is 54.1 Å². The third-order valence-corrected chi connectivity index (χ3v) is 1.84. The van der Waals surface area contributed by atoms with Crippen molar-refractivity contribution in [2.75, 3.05) is 5.43 Å². The fraction of sp³-hybridized carbons (Fsp3) is 0. The summed E-state index contributed by atoms with van der Waals surface area (Å²) in [5.41, 5.74) is 2.40. The number of benzene rings is 1. The number of nitrogens with one attached hydrogen (secondary N) is 1. The molecule has 1 aromatic heterocycles. The Bertz CT molecular complexity index is 467. The van der Waals surface area contributed by atoms with E-state index in [1.54, 1.807) is 18.3 Å². The van der Waals surface area contributed by atoms with E-state index < -0.39 is 11.7 Å². The third-order valence-electron chi connectivity index (χ3n) is 1.84. The number of hydrogen-bond acceptors (Lipinski definition) is 2. The van der Waals surface area contributed by atoms with Crippen molar-refractivity contribution in [3.63, 3.8) is 0 Å². The Hall–Kier alpha value is -2.17. The molecule has 15 heavy (non-hydrogen) atoms. The highest BCUT2D eigenvalue weighted by Gasteiger charge is 2.10. The largest absolute Gasteiger partial charge is 0.274 e. The molecule has 1 amide bonds. The van der Waals surface area contributed by atoms with E-state index in [1.807, 2.05) is 0 Å². The molecule has 0 unspecified atom stereocenters. The number of amides is 1. The van der Waals surface area contributed by atoms with E-state index >= 15 is 0 Å². The van der Waals surface area contributed by atoms with Gasteiger partial charge in [0.05, 0.1) is 11.8 Å². The van der Waals surface area contributed by atoms with Gasteiger partial charge in [-0.1, -0.05) is 12.1 Å². The minimum atomic E-state index is -0.554. The van der Waals surface area contributed by atoms with Gasteiger partial charge in [0.1, 0.15) is 5.82 Å². The Labute approximate surface area is 85.3 Å². The topological polar surface area (TPSA) is 46.9 Å². The average Bonchev–Trinajstić information content (AvgIpc) is 2.71. The van der Waals surface area contributed by atoms with Gasteiger partial charge < -0.3 is 0 Å². The quantitative estimate of drug-likeness (QED) is 0.805. The van der Waals surface area contributed by atoms with Crippen molar-refractivity contribution >= 4 is 5.91 Å². The highest BCUT2D eigenvalue weighted by atomic mass is 19.1. The Kier molecular flexibility index (Phi) is 2.45. The van der Waals surface area contributed by atoms with E-state index in [2.05, 4.69) is 10.5 Å². The smallest absolute Gasteiger partial charge is 0.267 e. The van der Waals surface area contributed by atoms with Crippen LogP contribution in [0.1, 0.15) is 10.4 Å². The molecule has 0 radical (unpaired) electrons. The van der Waals surface area contributed by atoms with Gasteiger partial charge >= 0.3 is 0 Å². The molecule has 0 aliphatic carbocycles. The van der Waals surface area contributed by atoms with Gasteiger partial charge in [-0.3, -0.25) is 4.79 Å². The average molecular weight is 205 g/mol. The molecule has 76 valence electrons. The van der Waals surface area contributed by atoms with Gasteiger partial charge in [-0.25, -0.2) is 9.82 Å². The zero-order valence-electron chi connectivity index (χ0n) is 7.72. The van der Waals surface area contributed by atoms with Gasteiger partial charge in [0, 0.05) is 6.20 Å². The predicted molar refractivity (Wildman–Crippen MR) is 52.3 cm³/mol. The fourth-order valence-corrected chi connectivity index (χ4v) is 1.14. The number of aromatic nitrogens is 2. The molecule has 0 spiro atoms. The minimum Gasteiger partial charge on any atom is -0.267 e. The summed E-state index contributed by atoms with van der Waals surface area (Å²) < 4.78 is 13.2. The molecule has 0 aliphatic rings. The summed E-state index contributed by atoms with van der Waals surface area (Å²) in [6, 6.07) is 7.43.